The number of nitrogens with one attached hydrogen (secondary N) is 1. The molecule has 1 aliphatic rings. The molecule has 10 nitrogen and oxygen atoms in total. The molecule has 0 saturated carbocycles. The Morgan fingerprint density at radius 1 is 1.09 bits per heavy atom. The molecule has 0 radical (unpaired) electrons. The summed E-state index contributed by atoms with van der Waals surface area (Å²) in [5.74, 6) is 1.14. The van der Waals surface area contributed by atoms with Crippen LogP contribution in [0.4, 0.5) is 5.82 Å². The van der Waals surface area contributed by atoms with Crippen LogP contribution in [0.15, 0.2) is 27.8 Å². The lowest BCUT2D eigenvalue weighted by atomic mass is 10.1. The van der Waals surface area contributed by atoms with Crippen molar-refractivity contribution in [2.75, 3.05) is 52.7 Å². The number of aromatic amines is 1. The lowest BCUT2D eigenvalue weighted by Crippen LogP contribution is -2.48. The Kier molecular flexibility index (Phi) is 7.70. The van der Waals surface area contributed by atoms with Crippen molar-refractivity contribution in [3.05, 3.63) is 50.2 Å². The van der Waals surface area contributed by atoms with Gasteiger partial charge in [0.1, 0.15) is 22.9 Å². The Hall–Kier alpha value is -3.11. The minimum absolute atomic E-state index is 0.0608. The Morgan fingerprint density at radius 2 is 1.78 bits per heavy atom. The Bertz CT molecular complexity index is 1070. The largest absolute Gasteiger partial charge is 0.497 e. The van der Waals surface area contributed by atoms with Gasteiger partial charge in [0.15, 0.2) is 5.78 Å². The minimum Gasteiger partial charge on any atom is -0.497 e. The van der Waals surface area contributed by atoms with Crippen molar-refractivity contribution >= 4 is 11.6 Å². The number of rotatable bonds is 9. The topological polar surface area (TPSA) is 123 Å². The zero-order chi connectivity index (χ0) is 23.3. The van der Waals surface area contributed by atoms with Crippen molar-refractivity contribution in [1.82, 2.24) is 19.4 Å². The predicted octanol–water partition coefficient (Wildman–Crippen LogP) is 0.547. The van der Waals surface area contributed by atoms with E-state index in [1.807, 2.05) is 30.0 Å². The second-order valence-corrected chi connectivity index (χ2v) is 7.82. The quantitative estimate of drug-likeness (QED) is 0.537. The van der Waals surface area contributed by atoms with E-state index in [1.54, 1.807) is 14.2 Å². The van der Waals surface area contributed by atoms with Crippen LogP contribution >= 0.6 is 0 Å². The molecule has 32 heavy (non-hydrogen) atoms. The molecule has 0 aliphatic carbocycles. The number of benzene rings is 1. The van der Waals surface area contributed by atoms with E-state index in [9.17, 15) is 14.4 Å². The second-order valence-electron chi connectivity index (χ2n) is 7.82. The molecule has 1 fully saturated rings. The first-order valence-corrected chi connectivity index (χ1v) is 10.7. The SMILES string of the molecule is CCCn1c(N)c(C(=O)CN2CCN(Cc3cc(OC)ccc3OC)CC2)c(=O)[nH]c1=O. The zero-order valence-corrected chi connectivity index (χ0v) is 18.8. The number of carbonyl (C=O) groups excluding carboxylic acids is 1. The van der Waals surface area contributed by atoms with Crippen LogP contribution in [0, 0.1) is 0 Å². The third-order valence-corrected chi connectivity index (χ3v) is 5.68. The second kappa shape index (κ2) is 10.5. The predicted molar refractivity (Wildman–Crippen MR) is 122 cm³/mol. The number of nitrogens with zero attached hydrogens (tertiary/aromatic N) is 3. The molecular formula is C22H31N5O5. The van der Waals surface area contributed by atoms with Gasteiger partial charge in [0.05, 0.1) is 20.8 Å². The summed E-state index contributed by atoms with van der Waals surface area (Å²) in [6.45, 7) is 5.87. The molecule has 0 atom stereocenters. The maximum absolute atomic E-state index is 12.8. The lowest BCUT2D eigenvalue weighted by Gasteiger charge is -2.34. The molecule has 2 aromatic rings. The van der Waals surface area contributed by atoms with Crippen LogP contribution in [0.25, 0.3) is 0 Å². The molecule has 0 unspecified atom stereocenters. The summed E-state index contributed by atoms with van der Waals surface area (Å²) in [7, 11) is 3.28. The Labute approximate surface area is 186 Å². The number of methoxy groups -OCH3 is 2. The van der Waals surface area contributed by atoms with E-state index in [2.05, 4.69) is 9.88 Å². The number of H-pyrrole nitrogens is 1. The van der Waals surface area contributed by atoms with Crippen LogP contribution in [-0.2, 0) is 13.1 Å². The fraction of sp³-hybridized carbons (Fsp3) is 0.500. The molecule has 0 amide bonds. The third kappa shape index (κ3) is 5.20. The highest BCUT2D eigenvalue weighted by atomic mass is 16.5. The van der Waals surface area contributed by atoms with Crippen molar-refractivity contribution < 1.29 is 14.3 Å². The molecule has 174 valence electrons. The Balaban J connectivity index is 1.64. The number of hydrogen-bond donors (Lipinski definition) is 2. The standard InChI is InChI=1S/C22H31N5O5/c1-4-7-27-20(23)19(21(29)24-22(27)30)17(28)14-26-10-8-25(9-11-26)13-15-12-16(31-2)5-6-18(15)32-3/h5-6,12H,4,7-11,13-14,23H2,1-3H3,(H,24,29,30). The van der Waals surface area contributed by atoms with Crippen molar-refractivity contribution in [2.24, 2.45) is 0 Å². The van der Waals surface area contributed by atoms with Gasteiger partial charge in [-0.05, 0) is 24.6 Å². The molecule has 2 heterocycles. The van der Waals surface area contributed by atoms with Crippen LogP contribution in [0.1, 0.15) is 29.3 Å². The number of aromatic nitrogens is 2. The fourth-order valence-corrected chi connectivity index (χ4v) is 3.94. The van der Waals surface area contributed by atoms with Crippen molar-refractivity contribution in [2.45, 2.75) is 26.4 Å². The van der Waals surface area contributed by atoms with Gasteiger partial charge in [-0.3, -0.25) is 28.9 Å². The summed E-state index contributed by atoms with van der Waals surface area (Å²) >= 11 is 0. The maximum atomic E-state index is 12.8. The molecule has 1 saturated heterocycles. The summed E-state index contributed by atoms with van der Waals surface area (Å²) in [6, 6.07) is 5.72. The summed E-state index contributed by atoms with van der Waals surface area (Å²) in [5, 5.41) is 0. The van der Waals surface area contributed by atoms with Crippen LogP contribution in [-0.4, -0.2) is 72.1 Å². The summed E-state index contributed by atoms with van der Waals surface area (Å²) in [6.07, 6.45) is 0.657. The number of carbonyl (C=O) groups is 1. The van der Waals surface area contributed by atoms with Crippen molar-refractivity contribution in [1.29, 1.82) is 0 Å². The maximum Gasteiger partial charge on any atom is 0.329 e. The molecule has 1 aromatic carbocycles. The number of nitrogen functional groups attached to an aromatic ring is 1. The van der Waals surface area contributed by atoms with Crippen LogP contribution in [0.3, 0.4) is 0 Å². The fourth-order valence-electron chi connectivity index (χ4n) is 3.94. The normalized spacial score (nSPS) is 15.0. The molecule has 0 bridgehead atoms. The van der Waals surface area contributed by atoms with Crippen LogP contribution in [0.2, 0.25) is 0 Å². The van der Waals surface area contributed by atoms with E-state index in [4.69, 9.17) is 15.2 Å². The van der Waals surface area contributed by atoms with Gasteiger partial charge >= 0.3 is 5.69 Å². The number of Topliss-reactive ketones (excluding diaryl/α,β-unsaturated/α-hetero) is 1. The molecule has 10 heteroatoms. The molecule has 1 aliphatic heterocycles. The van der Waals surface area contributed by atoms with Crippen LogP contribution in [0.5, 0.6) is 11.5 Å². The van der Waals surface area contributed by atoms with E-state index in [0.717, 1.165) is 30.2 Å². The highest BCUT2D eigenvalue weighted by Crippen LogP contribution is 2.25. The van der Waals surface area contributed by atoms with Gasteiger partial charge in [0.2, 0.25) is 0 Å². The van der Waals surface area contributed by atoms with Gasteiger partial charge in [0, 0.05) is 44.8 Å². The number of nitrogens with two attached hydrogens (primary N) is 1. The number of piperazine rings is 1. The van der Waals surface area contributed by atoms with Crippen molar-refractivity contribution in [3.8, 4) is 11.5 Å². The average molecular weight is 446 g/mol. The minimum atomic E-state index is -0.728. The number of ketones is 1. The van der Waals surface area contributed by atoms with Gasteiger partial charge in [-0.1, -0.05) is 6.92 Å². The van der Waals surface area contributed by atoms with Crippen molar-refractivity contribution in [3.63, 3.8) is 0 Å². The summed E-state index contributed by atoms with van der Waals surface area (Å²) < 4.78 is 12.0. The Morgan fingerprint density at radius 3 is 2.41 bits per heavy atom. The van der Waals surface area contributed by atoms with Gasteiger partial charge in [-0.15, -0.1) is 0 Å². The number of anilines is 1. The molecule has 1 aromatic heterocycles. The summed E-state index contributed by atoms with van der Waals surface area (Å²) in [5.41, 5.74) is 5.59. The van der Waals surface area contributed by atoms with Crippen LogP contribution < -0.4 is 26.5 Å². The number of ether oxygens (including phenoxy) is 2. The van der Waals surface area contributed by atoms with E-state index < -0.39 is 11.2 Å². The first kappa shape index (κ1) is 23.6. The molecule has 3 N–H and O–H groups in total. The highest BCUT2D eigenvalue weighted by Gasteiger charge is 2.24. The zero-order valence-electron chi connectivity index (χ0n) is 18.8. The first-order chi connectivity index (χ1) is 15.4. The highest BCUT2D eigenvalue weighted by molar-refractivity contribution is 6.01. The van der Waals surface area contributed by atoms with E-state index >= 15 is 0 Å². The summed E-state index contributed by atoms with van der Waals surface area (Å²) in [4.78, 5) is 43.6. The van der Waals surface area contributed by atoms with E-state index in [1.165, 1.54) is 4.57 Å². The molecule has 3 rings (SSSR count). The van der Waals surface area contributed by atoms with Gasteiger partial charge in [0.25, 0.3) is 5.56 Å². The van der Waals surface area contributed by atoms with E-state index in [-0.39, 0.29) is 23.7 Å². The smallest absolute Gasteiger partial charge is 0.329 e. The lowest BCUT2D eigenvalue weighted by molar-refractivity contribution is 0.0841. The first-order valence-electron chi connectivity index (χ1n) is 10.7. The third-order valence-electron chi connectivity index (χ3n) is 5.68. The average Bonchev–Trinajstić information content (AvgIpc) is 2.77. The van der Waals surface area contributed by atoms with E-state index in [0.29, 0.717) is 32.6 Å². The van der Waals surface area contributed by atoms with Gasteiger partial charge in [-0.2, -0.15) is 0 Å². The molecular weight excluding hydrogens is 414 g/mol. The number of hydrogen-bond acceptors (Lipinski definition) is 8. The molecule has 0 spiro atoms. The van der Waals surface area contributed by atoms with Gasteiger partial charge < -0.3 is 15.2 Å². The monoisotopic (exact) mass is 445 g/mol. The van der Waals surface area contributed by atoms with Gasteiger partial charge in [-0.25, -0.2) is 4.79 Å².